The summed E-state index contributed by atoms with van der Waals surface area (Å²) in [7, 11) is 0. The minimum absolute atomic E-state index is 0.0765. The highest BCUT2D eigenvalue weighted by Gasteiger charge is 2.56. The summed E-state index contributed by atoms with van der Waals surface area (Å²) in [5, 5.41) is 3.13. The van der Waals surface area contributed by atoms with Crippen molar-refractivity contribution in [3.63, 3.8) is 0 Å². The highest BCUT2D eigenvalue weighted by Crippen LogP contribution is 2.42. The second kappa shape index (κ2) is 7.00. The number of rotatable bonds is 4. The SMILES string of the molecule is Cc1cn(CC(=O)N[C@H]2[C@H]3CCO[C@H]3[C@@H]2N2CCCCC2)c(=O)[nH]c1=O. The van der Waals surface area contributed by atoms with Crippen LogP contribution in [0.2, 0.25) is 0 Å². The second-order valence-electron chi connectivity index (χ2n) is 7.67. The van der Waals surface area contributed by atoms with E-state index in [1.807, 2.05) is 0 Å². The topological polar surface area (TPSA) is 96.4 Å². The van der Waals surface area contributed by atoms with E-state index < -0.39 is 11.2 Å². The van der Waals surface area contributed by atoms with Gasteiger partial charge < -0.3 is 10.1 Å². The predicted molar refractivity (Wildman–Crippen MR) is 95.0 cm³/mol. The molecule has 0 spiro atoms. The van der Waals surface area contributed by atoms with E-state index in [1.54, 1.807) is 6.92 Å². The Balaban J connectivity index is 1.45. The van der Waals surface area contributed by atoms with Gasteiger partial charge in [-0.15, -0.1) is 0 Å². The van der Waals surface area contributed by atoms with E-state index in [1.165, 1.54) is 30.0 Å². The lowest BCUT2D eigenvalue weighted by molar-refractivity contribution is -0.130. The first-order valence-corrected chi connectivity index (χ1v) is 9.50. The summed E-state index contributed by atoms with van der Waals surface area (Å²) in [6.07, 6.45) is 6.28. The summed E-state index contributed by atoms with van der Waals surface area (Å²) >= 11 is 0. The molecular formula is C18H26N4O4. The summed E-state index contributed by atoms with van der Waals surface area (Å²) in [6, 6.07) is 0.313. The molecule has 3 heterocycles. The summed E-state index contributed by atoms with van der Waals surface area (Å²) in [6.45, 7) is 4.40. The van der Waals surface area contributed by atoms with Crippen LogP contribution < -0.4 is 16.6 Å². The zero-order valence-corrected chi connectivity index (χ0v) is 15.1. The van der Waals surface area contributed by atoms with Gasteiger partial charge in [0.25, 0.3) is 5.56 Å². The number of amides is 1. The van der Waals surface area contributed by atoms with Crippen LogP contribution in [0.25, 0.3) is 0 Å². The van der Waals surface area contributed by atoms with Gasteiger partial charge in [-0.3, -0.25) is 24.0 Å². The normalized spacial score (nSPS) is 31.3. The van der Waals surface area contributed by atoms with Gasteiger partial charge in [0.1, 0.15) is 6.54 Å². The third-order valence-electron chi connectivity index (χ3n) is 5.99. The fraction of sp³-hybridized carbons (Fsp3) is 0.722. The van der Waals surface area contributed by atoms with Gasteiger partial charge in [-0.05, 0) is 39.3 Å². The molecule has 4 atom stereocenters. The van der Waals surface area contributed by atoms with Gasteiger partial charge in [0.15, 0.2) is 0 Å². The first-order chi connectivity index (χ1) is 12.5. The molecule has 26 heavy (non-hydrogen) atoms. The highest BCUT2D eigenvalue weighted by molar-refractivity contribution is 5.76. The monoisotopic (exact) mass is 362 g/mol. The molecular weight excluding hydrogens is 336 g/mol. The van der Waals surface area contributed by atoms with Gasteiger partial charge in [0.2, 0.25) is 5.91 Å². The van der Waals surface area contributed by atoms with Crippen molar-refractivity contribution >= 4 is 5.91 Å². The van der Waals surface area contributed by atoms with Crippen LogP contribution in [-0.4, -0.2) is 58.2 Å². The van der Waals surface area contributed by atoms with Crippen molar-refractivity contribution in [1.82, 2.24) is 19.8 Å². The Labute approximate surface area is 151 Å². The number of hydrogen-bond donors (Lipinski definition) is 2. The number of aryl methyl sites for hydroxylation is 1. The lowest BCUT2D eigenvalue weighted by Gasteiger charge is -2.53. The van der Waals surface area contributed by atoms with Crippen molar-refractivity contribution in [3.05, 3.63) is 32.6 Å². The number of nitrogens with zero attached hydrogens (tertiary/aromatic N) is 2. The molecule has 3 aliphatic rings. The van der Waals surface area contributed by atoms with Crippen LogP contribution >= 0.6 is 0 Å². The molecule has 3 fully saturated rings. The van der Waals surface area contributed by atoms with E-state index in [4.69, 9.17) is 4.74 Å². The third-order valence-corrected chi connectivity index (χ3v) is 5.99. The summed E-state index contributed by atoms with van der Waals surface area (Å²) in [5.41, 5.74) is -0.558. The Morgan fingerprint density at radius 2 is 2.08 bits per heavy atom. The van der Waals surface area contributed by atoms with Crippen LogP contribution in [0.15, 0.2) is 15.8 Å². The largest absolute Gasteiger partial charge is 0.376 e. The lowest BCUT2D eigenvalue weighted by atomic mass is 9.70. The summed E-state index contributed by atoms with van der Waals surface area (Å²) in [4.78, 5) is 40.6. The number of carbonyl (C=O) groups is 1. The number of hydrogen-bond acceptors (Lipinski definition) is 5. The number of aromatic nitrogens is 2. The Bertz CT molecular complexity index is 795. The Morgan fingerprint density at radius 3 is 2.85 bits per heavy atom. The van der Waals surface area contributed by atoms with Crippen molar-refractivity contribution in [2.75, 3.05) is 19.7 Å². The zero-order valence-electron chi connectivity index (χ0n) is 15.1. The Hall–Kier alpha value is -1.93. The third kappa shape index (κ3) is 3.12. The van der Waals surface area contributed by atoms with Gasteiger partial charge in [0, 0.05) is 24.3 Å². The molecule has 0 bridgehead atoms. The molecule has 1 saturated carbocycles. The maximum Gasteiger partial charge on any atom is 0.328 e. The molecule has 8 heteroatoms. The molecule has 1 aliphatic carbocycles. The molecule has 2 aliphatic heterocycles. The maximum absolute atomic E-state index is 12.6. The molecule has 1 amide bonds. The molecule has 1 aromatic heterocycles. The van der Waals surface area contributed by atoms with E-state index in [0.717, 1.165) is 26.1 Å². The molecule has 1 aromatic rings. The molecule has 2 N–H and O–H groups in total. The lowest BCUT2D eigenvalue weighted by Crippen LogP contribution is -2.71. The van der Waals surface area contributed by atoms with Crippen LogP contribution in [-0.2, 0) is 16.1 Å². The number of nitrogens with one attached hydrogen (secondary N) is 2. The first kappa shape index (κ1) is 17.5. The van der Waals surface area contributed by atoms with E-state index in [-0.39, 0.29) is 30.6 Å². The number of H-pyrrole nitrogens is 1. The van der Waals surface area contributed by atoms with Gasteiger partial charge in [-0.25, -0.2) is 4.79 Å². The van der Waals surface area contributed by atoms with Crippen LogP contribution in [0.4, 0.5) is 0 Å². The van der Waals surface area contributed by atoms with Crippen molar-refractivity contribution in [2.24, 2.45) is 5.92 Å². The highest BCUT2D eigenvalue weighted by atomic mass is 16.5. The Kier molecular flexibility index (Phi) is 4.71. The molecule has 4 rings (SSSR count). The average Bonchev–Trinajstić information content (AvgIpc) is 3.02. The summed E-state index contributed by atoms with van der Waals surface area (Å²) < 4.78 is 7.16. The van der Waals surface area contributed by atoms with Crippen LogP contribution in [0.3, 0.4) is 0 Å². The molecule has 142 valence electrons. The number of aromatic amines is 1. The van der Waals surface area contributed by atoms with E-state index in [0.29, 0.717) is 11.5 Å². The second-order valence-corrected chi connectivity index (χ2v) is 7.67. The number of fused-ring (bicyclic) bond motifs is 1. The van der Waals surface area contributed by atoms with Crippen LogP contribution in [0.1, 0.15) is 31.2 Å². The van der Waals surface area contributed by atoms with Gasteiger partial charge >= 0.3 is 5.69 Å². The minimum atomic E-state index is -0.556. The van der Waals surface area contributed by atoms with Gasteiger partial charge in [-0.1, -0.05) is 6.42 Å². The first-order valence-electron chi connectivity index (χ1n) is 9.50. The number of carbonyl (C=O) groups excluding carboxylic acids is 1. The van der Waals surface area contributed by atoms with Crippen LogP contribution in [0.5, 0.6) is 0 Å². The molecule has 2 saturated heterocycles. The number of likely N-dealkylation sites (tertiary alicyclic amines) is 1. The quantitative estimate of drug-likeness (QED) is 0.760. The molecule has 0 radical (unpaired) electrons. The van der Waals surface area contributed by atoms with Crippen molar-refractivity contribution in [3.8, 4) is 0 Å². The molecule has 0 aromatic carbocycles. The minimum Gasteiger partial charge on any atom is -0.376 e. The predicted octanol–water partition coefficient (Wildman–Crippen LogP) is -0.397. The Morgan fingerprint density at radius 1 is 1.31 bits per heavy atom. The fourth-order valence-electron chi connectivity index (χ4n) is 4.64. The average molecular weight is 362 g/mol. The number of piperidine rings is 1. The van der Waals surface area contributed by atoms with E-state index >= 15 is 0 Å². The zero-order chi connectivity index (χ0) is 18.3. The molecule has 0 unspecified atom stereocenters. The molecule has 8 nitrogen and oxygen atoms in total. The van der Waals surface area contributed by atoms with Crippen molar-refractivity contribution < 1.29 is 9.53 Å². The fourth-order valence-corrected chi connectivity index (χ4v) is 4.64. The van der Waals surface area contributed by atoms with Crippen molar-refractivity contribution in [2.45, 2.75) is 57.3 Å². The van der Waals surface area contributed by atoms with E-state index in [9.17, 15) is 14.4 Å². The van der Waals surface area contributed by atoms with Crippen LogP contribution in [0, 0.1) is 12.8 Å². The van der Waals surface area contributed by atoms with Gasteiger partial charge in [0.05, 0.1) is 18.2 Å². The van der Waals surface area contributed by atoms with Crippen molar-refractivity contribution in [1.29, 1.82) is 0 Å². The standard InChI is InChI=1S/C18H26N4O4/c1-11-9-22(18(25)20-17(11)24)10-13(23)19-14-12-5-8-26-16(12)15(14)21-6-3-2-4-7-21/h9,12,14-16H,2-8,10H2,1H3,(H,19,23)(H,20,24,25)/t12-,14+,15-,16-/m1/s1. The number of ether oxygens (including phenoxy) is 1. The maximum atomic E-state index is 12.6. The van der Waals surface area contributed by atoms with Gasteiger partial charge in [-0.2, -0.15) is 0 Å². The smallest absolute Gasteiger partial charge is 0.328 e. The summed E-state index contributed by atoms with van der Waals surface area (Å²) in [5.74, 6) is 0.163. The van der Waals surface area contributed by atoms with E-state index in [2.05, 4.69) is 15.2 Å².